The van der Waals surface area contributed by atoms with Crippen LogP contribution in [0.1, 0.15) is 30.9 Å². The average Bonchev–Trinajstić information content (AvgIpc) is 2.36. The fraction of sp³-hybridized carbons (Fsp3) is 0.500. The third-order valence-electron chi connectivity index (χ3n) is 3.06. The predicted molar refractivity (Wildman–Crippen MR) is 67.8 cm³/mol. The average molecular weight is 303 g/mol. The van der Waals surface area contributed by atoms with Gasteiger partial charge in [-0.2, -0.15) is 0 Å². The second-order valence-corrected chi connectivity index (χ2v) is 5.13. The van der Waals surface area contributed by atoms with Gasteiger partial charge in [-0.3, -0.25) is 11.3 Å². The van der Waals surface area contributed by atoms with Crippen LogP contribution in [-0.2, 0) is 4.74 Å². The molecule has 0 amide bonds. The first-order valence-electron chi connectivity index (χ1n) is 5.75. The molecular weight excluding hydrogens is 287 g/mol. The summed E-state index contributed by atoms with van der Waals surface area (Å²) in [5, 5.41) is 0. The van der Waals surface area contributed by atoms with E-state index in [0.29, 0.717) is 5.56 Å². The van der Waals surface area contributed by atoms with E-state index in [1.54, 1.807) is 12.1 Å². The van der Waals surface area contributed by atoms with Gasteiger partial charge in [0.1, 0.15) is 5.82 Å². The lowest BCUT2D eigenvalue weighted by atomic mass is 9.96. The van der Waals surface area contributed by atoms with Crippen LogP contribution in [0.2, 0.25) is 0 Å². The minimum Gasteiger partial charge on any atom is -0.376 e. The Bertz CT molecular complexity index is 383. The number of halogens is 2. The summed E-state index contributed by atoms with van der Waals surface area (Å²) in [7, 11) is 0. The van der Waals surface area contributed by atoms with Crippen LogP contribution in [0.4, 0.5) is 4.39 Å². The van der Waals surface area contributed by atoms with E-state index in [-0.39, 0.29) is 18.0 Å². The maximum absolute atomic E-state index is 13.8. The fourth-order valence-electron chi connectivity index (χ4n) is 2.18. The van der Waals surface area contributed by atoms with Crippen molar-refractivity contribution in [2.24, 2.45) is 5.84 Å². The molecule has 0 bridgehead atoms. The Hall–Kier alpha value is -0.490. The van der Waals surface area contributed by atoms with Crippen molar-refractivity contribution in [1.82, 2.24) is 5.43 Å². The highest BCUT2D eigenvalue weighted by molar-refractivity contribution is 9.10. The second-order valence-electron chi connectivity index (χ2n) is 4.22. The Balaban J connectivity index is 2.24. The summed E-state index contributed by atoms with van der Waals surface area (Å²) in [6, 6.07) is 4.56. The van der Waals surface area contributed by atoms with E-state index in [0.717, 1.165) is 30.3 Å². The van der Waals surface area contributed by atoms with Crippen molar-refractivity contribution in [2.45, 2.75) is 31.4 Å². The molecule has 0 radical (unpaired) electrons. The van der Waals surface area contributed by atoms with E-state index in [9.17, 15) is 4.39 Å². The van der Waals surface area contributed by atoms with E-state index in [1.165, 1.54) is 6.07 Å². The largest absolute Gasteiger partial charge is 0.376 e. The van der Waals surface area contributed by atoms with Crippen LogP contribution in [0.3, 0.4) is 0 Å². The van der Waals surface area contributed by atoms with E-state index in [2.05, 4.69) is 21.4 Å². The highest BCUT2D eigenvalue weighted by Gasteiger charge is 2.27. The lowest BCUT2D eigenvalue weighted by molar-refractivity contribution is -0.00893. The number of hydrazine groups is 1. The SMILES string of the molecule is NNC(c1cc(Br)ccc1F)C1CCCCO1. The van der Waals surface area contributed by atoms with Crippen LogP contribution in [0.25, 0.3) is 0 Å². The van der Waals surface area contributed by atoms with Gasteiger partial charge in [0.2, 0.25) is 0 Å². The number of benzene rings is 1. The van der Waals surface area contributed by atoms with Gasteiger partial charge in [-0.05, 0) is 37.5 Å². The Morgan fingerprint density at radius 1 is 1.47 bits per heavy atom. The topological polar surface area (TPSA) is 47.3 Å². The molecule has 3 nitrogen and oxygen atoms in total. The zero-order chi connectivity index (χ0) is 12.3. The van der Waals surface area contributed by atoms with E-state index < -0.39 is 0 Å². The molecule has 1 aliphatic rings. The predicted octanol–water partition coefficient (Wildman–Crippen LogP) is 2.66. The summed E-state index contributed by atoms with van der Waals surface area (Å²) in [4.78, 5) is 0. The van der Waals surface area contributed by atoms with Crippen molar-refractivity contribution in [2.75, 3.05) is 6.61 Å². The molecule has 0 aliphatic carbocycles. The van der Waals surface area contributed by atoms with Crippen molar-refractivity contribution in [1.29, 1.82) is 0 Å². The standard InChI is InChI=1S/C12H16BrFN2O/c13-8-4-5-10(14)9(7-8)12(16-15)11-3-1-2-6-17-11/h4-5,7,11-12,16H,1-3,6,15H2. The number of rotatable bonds is 3. The Labute approximate surface area is 109 Å². The van der Waals surface area contributed by atoms with Crippen molar-refractivity contribution >= 4 is 15.9 Å². The molecule has 1 fully saturated rings. The number of hydrogen-bond donors (Lipinski definition) is 2. The maximum Gasteiger partial charge on any atom is 0.128 e. The molecule has 0 spiro atoms. The third kappa shape index (κ3) is 3.04. The zero-order valence-electron chi connectivity index (χ0n) is 9.46. The van der Waals surface area contributed by atoms with Crippen molar-refractivity contribution in [3.8, 4) is 0 Å². The molecule has 1 saturated heterocycles. The van der Waals surface area contributed by atoms with Crippen molar-refractivity contribution in [3.05, 3.63) is 34.1 Å². The molecule has 1 aromatic rings. The molecule has 1 aromatic carbocycles. The molecule has 2 unspecified atom stereocenters. The smallest absolute Gasteiger partial charge is 0.128 e. The summed E-state index contributed by atoms with van der Waals surface area (Å²) in [6.45, 7) is 0.721. The molecule has 0 aromatic heterocycles. The first kappa shape index (κ1) is 13.0. The highest BCUT2D eigenvalue weighted by atomic mass is 79.9. The van der Waals surface area contributed by atoms with Crippen LogP contribution < -0.4 is 11.3 Å². The van der Waals surface area contributed by atoms with E-state index in [1.807, 2.05) is 0 Å². The molecular formula is C12H16BrFN2O. The third-order valence-corrected chi connectivity index (χ3v) is 3.55. The Kier molecular flexibility index (Phi) is 4.50. The van der Waals surface area contributed by atoms with Crippen LogP contribution in [-0.4, -0.2) is 12.7 Å². The van der Waals surface area contributed by atoms with Crippen LogP contribution in [0.5, 0.6) is 0 Å². The molecule has 94 valence electrons. The fourth-order valence-corrected chi connectivity index (χ4v) is 2.56. The molecule has 3 N–H and O–H groups in total. The lowest BCUT2D eigenvalue weighted by Crippen LogP contribution is -2.40. The first-order chi connectivity index (χ1) is 8.22. The Morgan fingerprint density at radius 3 is 2.94 bits per heavy atom. The van der Waals surface area contributed by atoms with Gasteiger partial charge in [0, 0.05) is 16.6 Å². The number of nitrogens with one attached hydrogen (secondary N) is 1. The van der Waals surface area contributed by atoms with Gasteiger partial charge in [-0.25, -0.2) is 4.39 Å². The molecule has 17 heavy (non-hydrogen) atoms. The summed E-state index contributed by atoms with van der Waals surface area (Å²) in [5.74, 6) is 5.28. The number of hydrogen-bond acceptors (Lipinski definition) is 3. The molecule has 1 aliphatic heterocycles. The maximum atomic E-state index is 13.8. The summed E-state index contributed by atoms with van der Waals surface area (Å²) in [6.07, 6.45) is 3.01. The van der Waals surface area contributed by atoms with Gasteiger partial charge in [-0.1, -0.05) is 15.9 Å². The van der Waals surface area contributed by atoms with Gasteiger partial charge in [0.05, 0.1) is 12.1 Å². The number of nitrogens with two attached hydrogens (primary N) is 1. The molecule has 0 saturated carbocycles. The minimum absolute atomic E-state index is 0.0578. The highest BCUT2D eigenvalue weighted by Crippen LogP contribution is 2.29. The van der Waals surface area contributed by atoms with Gasteiger partial charge in [-0.15, -0.1) is 0 Å². The van der Waals surface area contributed by atoms with Gasteiger partial charge >= 0.3 is 0 Å². The minimum atomic E-state index is -0.298. The van der Waals surface area contributed by atoms with Gasteiger partial charge < -0.3 is 4.74 Å². The van der Waals surface area contributed by atoms with Crippen LogP contribution in [0.15, 0.2) is 22.7 Å². The van der Waals surface area contributed by atoms with Gasteiger partial charge in [0.25, 0.3) is 0 Å². The first-order valence-corrected chi connectivity index (χ1v) is 6.54. The van der Waals surface area contributed by atoms with Crippen LogP contribution >= 0.6 is 15.9 Å². The quantitative estimate of drug-likeness (QED) is 0.666. The van der Waals surface area contributed by atoms with Crippen molar-refractivity contribution in [3.63, 3.8) is 0 Å². The van der Waals surface area contributed by atoms with Crippen molar-refractivity contribution < 1.29 is 9.13 Å². The van der Waals surface area contributed by atoms with Gasteiger partial charge in [0.15, 0.2) is 0 Å². The Morgan fingerprint density at radius 2 is 2.29 bits per heavy atom. The van der Waals surface area contributed by atoms with E-state index >= 15 is 0 Å². The summed E-state index contributed by atoms with van der Waals surface area (Å²) >= 11 is 3.34. The molecule has 5 heteroatoms. The van der Waals surface area contributed by atoms with Crippen LogP contribution in [0, 0.1) is 5.82 Å². The number of ether oxygens (including phenoxy) is 1. The molecule has 2 rings (SSSR count). The normalized spacial score (nSPS) is 22.4. The van der Waals surface area contributed by atoms with E-state index in [4.69, 9.17) is 10.6 Å². The second kappa shape index (κ2) is 5.91. The molecule has 1 heterocycles. The summed E-state index contributed by atoms with van der Waals surface area (Å²) < 4.78 is 20.3. The lowest BCUT2D eigenvalue weighted by Gasteiger charge is -2.30. The summed E-state index contributed by atoms with van der Waals surface area (Å²) in [5.41, 5.74) is 3.22. The monoisotopic (exact) mass is 302 g/mol. The zero-order valence-corrected chi connectivity index (χ0v) is 11.0. The molecule has 2 atom stereocenters.